The summed E-state index contributed by atoms with van der Waals surface area (Å²) in [5.41, 5.74) is 0.734. The summed E-state index contributed by atoms with van der Waals surface area (Å²) >= 11 is 18.3. The third kappa shape index (κ3) is 3.70. The van der Waals surface area contributed by atoms with Crippen molar-refractivity contribution in [2.75, 3.05) is 5.32 Å². The summed E-state index contributed by atoms with van der Waals surface area (Å²) in [6.45, 7) is 6.05. The second kappa shape index (κ2) is 7.67. The van der Waals surface area contributed by atoms with E-state index in [2.05, 4.69) is 32.1 Å². The molecule has 0 aromatic carbocycles. The molecule has 0 saturated carbocycles. The van der Waals surface area contributed by atoms with Crippen LogP contribution in [0.25, 0.3) is 10.7 Å². The molecule has 26 heavy (non-hydrogen) atoms. The Kier molecular flexibility index (Phi) is 5.52. The molecule has 2 N–H and O–H groups in total. The monoisotopic (exact) mass is 426 g/mol. The summed E-state index contributed by atoms with van der Waals surface area (Å²) in [6, 6.07) is 3.02. The van der Waals surface area contributed by atoms with E-state index in [0.29, 0.717) is 28.0 Å². The summed E-state index contributed by atoms with van der Waals surface area (Å²) in [5.74, 6) is 0.132. The molecule has 7 nitrogen and oxygen atoms in total. The van der Waals surface area contributed by atoms with Crippen molar-refractivity contribution in [3.05, 3.63) is 51.1 Å². The maximum Gasteiger partial charge on any atom is 0.277 e. The number of thiazole rings is 1. The number of carbonyl (C=O) groups is 1. The van der Waals surface area contributed by atoms with Crippen LogP contribution in [0.4, 0.5) is 5.13 Å². The highest BCUT2D eigenvalue weighted by Gasteiger charge is 2.19. The van der Waals surface area contributed by atoms with Gasteiger partial charge in [0.25, 0.3) is 5.91 Å². The first kappa shape index (κ1) is 18.7. The molecule has 0 radical (unpaired) electrons. The fourth-order valence-electron chi connectivity index (χ4n) is 2.18. The lowest BCUT2D eigenvalue weighted by atomic mass is 10.3. The van der Waals surface area contributed by atoms with Crippen LogP contribution < -0.4 is 5.32 Å². The van der Waals surface area contributed by atoms with Gasteiger partial charge in [0.15, 0.2) is 15.7 Å². The van der Waals surface area contributed by atoms with E-state index >= 15 is 0 Å². The number of allylic oxidation sites excluding steroid dienone is 1. The molecule has 134 valence electrons. The summed E-state index contributed by atoms with van der Waals surface area (Å²) in [6.07, 6.45) is 1.72. The SMILES string of the molecule is C=CCn1c(-c2sc(NC(=O)c3nc(Cl)ccc3Cl)nc2C)n[nH]c1=S. The van der Waals surface area contributed by atoms with Gasteiger partial charge in [-0.05, 0) is 31.3 Å². The van der Waals surface area contributed by atoms with Crippen molar-refractivity contribution in [2.24, 2.45) is 0 Å². The molecular weight excluding hydrogens is 415 g/mol. The van der Waals surface area contributed by atoms with E-state index in [1.807, 2.05) is 6.92 Å². The molecule has 3 heterocycles. The number of anilines is 1. The Labute approximate surface area is 167 Å². The Hall–Kier alpha value is -2.07. The molecule has 0 spiro atoms. The number of nitrogens with zero attached hydrogens (tertiary/aromatic N) is 4. The Bertz CT molecular complexity index is 1050. The van der Waals surface area contributed by atoms with Crippen molar-refractivity contribution in [3.63, 3.8) is 0 Å². The zero-order chi connectivity index (χ0) is 18.8. The number of halogens is 2. The van der Waals surface area contributed by atoms with Gasteiger partial charge in [0.1, 0.15) is 10.8 Å². The Morgan fingerprint density at radius 3 is 2.96 bits per heavy atom. The summed E-state index contributed by atoms with van der Waals surface area (Å²) < 4.78 is 2.28. The fourth-order valence-corrected chi connectivity index (χ4v) is 3.69. The zero-order valence-electron chi connectivity index (χ0n) is 13.4. The second-order valence-corrected chi connectivity index (χ2v) is 7.28. The van der Waals surface area contributed by atoms with Crippen molar-refractivity contribution < 1.29 is 4.79 Å². The van der Waals surface area contributed by atoms with Crippen LogP contribution in [0, 0.1) is 11.7 Å². The van der Waals surface area contributed by atoms with Crippen LogP contribution in [-0.2, 0) is 6.54 Å². The average Bonchev–Trinajstić information content (AvgIpc) is 3.13. The lowest BCUT2D eigenvalue weighted by Gasteiger charge is -2.03. The Morgan fingerprint density at radius 1 is 1.46 bits per heavy atom. The van der Waals surface area contributed by atoms with Gasteiger partial charge in [-0.1, -0.05) is 40.6 Å². The lowest BCUT2D eigenvalue weighted by molar-refractivity contribution is 0.102. The van der Waals surface area contributed by atoms with Gasteiger partial charge in [-0.15, -0.1) is 6.58 Å². The van der Waals surface area contributed by atoms with Crippen LogP contribution in [0.1, 0.15) is 16.2 Å². The van der Waals surface area contributed by atoms with Gasteiger partial charge in [0.2, 0.25) is 0 Å². The van der Waals surface area contributed by atoms with Crippen molar-refractivity contribution in [1.29, 1.82) is 0 Å². The van der Waals surface area contributed by atoms with Gasteiger partial charge >= 0.3 is 0 Å². The lowest BCUT2D eigenvalue weighted by Crippen LogP contribution is -2.14. The van der Waals surface area contributed by atoms with Gasteiger partial charge in [-0.3, -0.25) is 19.8 Å². The number of aryl methyl sites for hydroxylation is 1. The third-order valence-corrected chi connectivity index (χ3v) is 5.21. The fraction of sp³-hybridized carbons (Fsp3) is 0.133. The summed E-state index contributed by atoms with van der Waals surface area (Å²) in [4.78, 5) is 21.5. The minimum atomic E-state index is -0.497. The van der Waals surface area contributed by atoms with Crippen molar-refractivity contribution in [3.8, 4) is 10.7 Å². The van der Waals surface area contributed by atoms with Gasteiger partial charge in [-0.2, -0.15) is 5.10 Å². The second-order valence-electron chi connectivity index (χ2n) is 5.10. The largest absolute Gasteiger partial charge is 0.296 e. The highest BCUT2D eigenvalue weighted by molar-refractivity contribution is 7.71. The number of hydrogen-bond acceptors (Lipinski definition) is 6. The molecule has 3 aromatic heterocycles. The number of nitrogens with one attached hydrogen (secondary N) is 2. The maximum absolute atomic E-state index is 12.4. The molecular formula is C15H12Cl2N6OS2. The van der Waals surface area contributed by atoms with Crippen LogP contribution in [0.2, 0.25) is 10.2 Å². The van der Waals surface area contributed by atoms with Crippen LogP contribution in [-0.4, -0.2) is 30.6 Å². The normalized spacial score (nSPS) is 10.7. The smallest absolute Gasteiger partial charge is 0.277 e. The third-order valence-electron chi connectivity index (χ3n) is 3.32. The van der Waals surface area contributed by atoms with Crippen molar-refractivity contribution in [1.82, 2.24) is 24.7 Å². The molecule has 1 amide bonds. The first-order chi connectivity index (χ1) is 12.4. The van der Waals surface area contributed by atoms with Crippen molar-refractivity contribution >= 4 is 57.8 Å². The molecule has 0 aliphatic heterocycles. The van der Waals surface area contributed by atoms with E-state index < -0.39 is 5.91 Å². The topological polar surface area (TPSA) is 88.5 Å². The minimum Gasteiger partial charge on any atom is -0.296 e. The highest BCUT2D eigenvalue weighted by Crippen LogP contribution is 2.32. The Balaban J connectivity index is 1.92. The van der Waals surface area contributed by atoms with E-state index in [1.165, 1.54) is 23.5 Å². The van der Waals surface area contributed by atoms with Crippen LogP contribution in [0.3, 0.4) is 0 Å². The predicted molar refractivity (Wildman–Crippen MR) is 106 cm³/mol. The van der Waals surface area contributed by atoms with Gasteiger partial charge in [-0.25, -0.2) is 9.97 Å². The number of aromatic nitrogens is 5. The number of hydrogen-bond donors (Lipinski definition) is 2. The molecule has 0 fully saturated rings. The summed E-state index contributed by atoms with van der Waals surface area (Å²) in [7, 11) is 0. The number of carbonyl (C=O) groups excluding carboxylic acids is 1. The number of rotatable bonds is 5. The van der Waals surface area contributed by atoms with E-state index in [0.717, 1.165) is 4.88 Å². The molecule has 0 atom stereocenters. The van der Waals surface area contributed by atoms with Gasteiger partial charge in [0.05, 0.1) is 15.6 Å². The number of pyridine rings is 1. The molecule has 0 aliphatic rings. The molecule has 0 aliphatic carbocycles. The molecule has 11 heteroatoms. The maximum atomic E-state index is 12.4. The Morgan fingerprint density at radius 2 is 2.23 bits per heavy atom. The number of aromatic amines is 1. The molecule has 3 aromatic rings. The predicted octanol–water partition coefficient (Wildman–Crippen LogP) is 4.51. The first-order valence-corrected chi connectivity index (χ1v) is 9.26. The van der Waals surface area contributed by atoms with E-state index in [1.54, 1.807) is 10.6 Å². The number of H-pyrrole nitrogens is 1. The van der Waals surface area contributed by atoms with Crippen molar-refractivity contribution in [2.45, 2.75) is 13.5 Å². The quantitative estimate of drug-likeness (QED) is 0.355. The number of amides is 1. The molecule has 0 bridgehead atoms. The van der Waals surface area contributed by atoms with Crippen LogP contribution in [0.15, 0.2) is 24.8 Å². The first-order valence-electron chi connectivity index (χ1n) is 7.28. The van der Waals surface area contributed by atoms with E-state index in [4.69, 9.17) is 35.4 Å². The average molecular weight is 427 g/mol. The van der Waals surface area contributed by atoms with Gasteiger partial charge < -0.3 is 0 Å². The van der Waals surface area contributed by atoms with Gasteiger partial charge in [0, 0.05) is 6.54 Å². The van der Waals surface area contributed by atoms with Crippen LogP contribution >= 0.6 is 46.8 Å². The minimum absolute atomic E-state index is 0.0305. The molecule has 0 unspecified atom stereocenters. The van der Waals surface area contributed by atoms with E-state index in [9.17, 15) is 4.79 Å². The highest BCUT2D eigenvalue weighted by atomic mass is 35.5. The van der Waals surface area contributed by atoms with Crippen LogP contribution in [0.5, 0.6) is 0 Å². The molecule has 3 rings (SSSR count). The standard InChI is InChI=1S/C15H12Cl2N6OS2/c1-3-6-23-12(21-22-15(23)25)11-7(2)18-14(26-11)20-13(24)10-8(16)4-5-9(17)19-10/h3-5H,1,6H2,2H3,(H,22,25)(H,18,20,24). The molecule has 0 saturated heterocycles. The summed E-state index contributed by atoms with van der Waals surface area (Å²) in [5, 5.41) is 10.5. The zero-order valence-corrected chi connectivity index (χ0v) is 16.6. The van der Waals surface area contributed by atoms with E-state index in [-0.39, 0.29) is 15.9 Å².